The molecule has 0 aromatic heterocycles. The summed E-state index contributed by atoms with van der Waals surface area (Å²) >= 11 is 0. The zero-order valence-electron chi connectivity index (χ0n) is 18.5. The van der Waals surface area contributed by atoms with Crippen molar-refractivity contribution in [1.82, 2.24) is 20.4 Å². The number of benzene rings is 1. The van der Waals surface area contributed by atoms with Gasteiger partial charge >= 0.3 is 6.03 Å². The molecule has 1 aromatic rings. The van der Waals surface area contributed by atoms with Gasteiger partial charge in [0.15, 0.2) is 11.5 Å². The zero-order chi connectivity index (χ0) is 22.4. The van der Waals surface area contributed by atoms with Gasteiger partial charge in [-0.2, -0.15) is 0 Å². The van der Waals surface area contributed by atoms with Gasteiger partial charge in [0, 0.05) is 19.1 Å². The van der Waals surface area contributed by atoms with Crippen LogP contribution >= 0.6 is 0 Å². The molecule has 170 valence electrons. The Morgan fingerprint density at radius 3 is 2.71 bits per heavy atom. The quantitative estimate of drug-likeness (QED) is 0.538. The molecule has 31 heavy (non-hydrogen) atoms. The summed E-state index contributed by atoms with van der Waals surface area (Å²) in [6, 6.07) is 4.55. The van der Waals surface area contributed by atoms with E-state index in [9.17, 15) is 14.4 Å². The van der Waals surface area contributed by atoms with Gasteiger partial charge in [0.2, 0.25) is 5.91 Å². The fourth-order valence-electron chi connectivity index (χ4n) is 4.24. The molecule has 0 saturated carbocycles. The molecule has 4 amide bonds. The highest BCUT2D eigenvalue weighted by molar-refractivity contribution is 6.05. The minimum atomic E-state index is -0.816. The number of urea groups is 1. The Hall–Kier alpha value is -2.81. The Bertz CT molecular complexity index is 815. The monoisotopic (exact) mass is 432 g/mol. The summed E-state index contributed by atoms with van der Waals surface area (Å²) in [5, 5.41) is 5.55. The van der Waals surface area contributed by atoms with Crippen LogP contribution in [0.15, 0.2) is 18.2 Å². The third-order valence-corrected chi connectivity index (χ3v) is 6.01. The lowest BCUT2D eigenvalue weighted by Crippen LogP contribution is -2.42. The second-order valence-corrected chi connectivity index (χ2v) is 7.86. The van der Waals surface area contributed by atoms with Gasteiger partial charge in [-0.25, -0.2) is 4.79 Å². The third kappa shape index (κ3) is 5.46. The molecule has 2 N–H and O–H groups in total. The summed E-state index contributed by atoms with van der Waals surface area (Å²) in [4.78, 5) is 40.8. The van der Waals surface area contributed by atoms with Gasteiger partial charge in [0.05, 0.1) is 20.6 Å². The molecule has 1 aromatic carbocycles. The van der Waals surface area contributed by atoms with Crippen LogP contribution in [0.2, 0.25) is 0 Å². The summed E-state index contributed by atoms with van der Waals surface area (Å²) in [7, 11) is 3.12. The van der Waals surface area contributed by atoms with Gasteiger partial charge in [0.25, 0.3) is 5.91 Å². The summed E-state index contributed by atoms with van der Waals surface area (Å²) in [6.07, 6.45) is 2.64. The van der Waals surface area contributed by atoms with E-state index in [1.54, 1.807) is 20.3 Å². The van der Waals surface area contributed by atoms with Crippen LogP contribution in [-0.4, -0.2) is 80.1 Å². The van der Waals surface area contributed by atoms with E-state index < -0.39 is 12.1 Å². The van der Waals surface area contributed by atoms with Crippen molar-refractivity contribution in [3.8, 4) is 11.5 Å². The number of likely N-dealkylation sites (tertiary alicyclic amines) is 1. The molecular formula is C22H32N4O5. The van der Waals surface area contributed by atoms with Crippen LogP contribution in [0.3, 0.4) is 0 Å². The molecule has 2 saturated heterocycles. The molecule has 2 aliphatic heterocycles. The highest BCUT2D eigenvalue weighted by Crippen LogP contribution is 2.28. The van der Waals surface area contributed by atoms with Crippen molar-refractivity contribution in [3.05, 3.63) is 23.8 Å². The van der Waals surface area contributed by atoms with Gasteiger partial charge in [-0.3, -0.25) is 19.4 Å². The Labute approximate surface area is 183 Å². The summed E-state index contributed by atoms with van der Waals surface area (Å²) in [5.74, 6) is 0.627. The summed E-state index contributed by atoms with van der Waals surface area (Å²) in [5.41, 5.74) is 0.913. The number of rotatable bonds is 10. The molecule has 2 fully saturated rings. The maximum atomic E-state index is 12.7. The maximum absolute atomic E-state index is 12.7. The first kappa shape index (κ1) is 22.9. The lowest BCUT2D eigenvalue weighted by Gasteiger charge is -2.23. The lowest BCUT2D eigenvalue weighted by atomic mass is 10.1. The number of methoxy groups -OCH3 is 2. The SMILES string of the molecule is CCN1CCCC1CNC(=O)CC1NC(=O)N(CCc2ccc(OC)c(OC)c2)C1=O. The van der Waals surface area contributed by atoms with E-state index in [1.165, 1.54) is 4.90 Å². The average Bonchev–Trinajstić information content (AvgIpc) is 3.34. The highest BCUT2D eigenvalue weighted by atomic mass is 16.5. The summed E-state index contributed by atoms with van der Waals surface area (Å²) < 4.78 is 10.5. The number of nitrogens with zero attached hydrogens (tertiary/aromatic N) is 2. The number of nitrogens with one attached hydrogen (secondary N) is 2. The van der Waals surface area contributed by atoms with Gasteiger partial charge in [-0.15, -0.1) is 0 Å². The van der Waals surface area contributed by atoms with E-state index >= 15 is 0 Å². The van der Waals surface area contributed by atoms with Crippen LogP contribution in [0.25, 0.3) is 0 Å². The minimum Gasteiger partial charge on any atom is -0.493 e. The number of likely N-dealkylation sites (N-methyl/N-ethyl adjacent to an activating group) is 1. The Kier molecular flexibility index (Phi) is 7.73. The fraction of sp³-hybridized carbons (Fsp3) is 0.591. The smallest absolute Gasteiger partial charge is 0.324 e. The lowest BCUT2D eigenvalue weighted by molar-refractivity contribution is -0.130. The Morgan fingerprint density at radius 2 is 2.00 bits per heavy atom. The van der Waals surface area contributed by atoms with Crippen molar-refractivity contribution in [3.63, 3.8) is 0 Å². The van der Waals surface area contributed by atoms with Gasteiger partial charge < -0.3 is 20.1 Å². The molecule has 0 radical (unpaired) electrons. The predicted molar refractivity (Wildman–Crippen MR) is 115 cm³/mol. The van der Waals surface area contributed by atoms with Crippen LogP contribution in [0.1, 0.15) is 31.7 Å². The van der Waals surface area contributed by atoms with E-state index in [4.69, 9.17) is 9.47 Å². The average molecular weight is 433 g/mol. The Morgan fingerprint density at radius 1 is 1.23 bits per heavy atom. The molecular weight excluding hydrogens is 400 g/mol. The highest BCUT2D eigenvalue weighted by Gasteiger charge is 2.38. The maximum Gasteiger partial charge on any atom is 0.324 e. The summed E-state index contributed by atoms with van der Waals surface area (Å²) in [6.45, 7) is 4.94. The van der Waals surface area contributed by atoms with Crippen LogP contribution in [-0.2, 0) is 16.0 Å². The number of hydrogen-bond donors (Lipinski definition) is 2. The van der Waals surface area contributed by atoms with Crippen LogP contribution in [0.4, 0.5) is 4.79 Å². The largest absolute Gasteiger partial charge is 0.493 e. The molecule has 9 heteroatoms. The van der Waals surface area contributed by atoms with Crippen LogP contribution < -0.4 is 20.1 Å². The van der Waals surface area contributed by atoms with E-state index in [2.05, 4.69) is 22.5 Å². The van der Waals surface area contributed by atoms with Gasteiger partial charge in [-0.05, 0) is 50.0 Å². The number of hydrogen-bond acceptors (Lipinski definition) is 6. The topological polar surface area (TPSA) is 100 Å². The fourth-order valence-corrected chi connectivity index (χ4v) is 4.24. The third-order valence-electron chi connectivity index (χ3n) is 6.01. The molecule has 0 aliphatic carbocycles. The van der Waals surface area contributed by atoms with Crippen molar-refractivity contribution in [1.29, 1.82) is 0 Å². The number of ether oxygens (including phenoxy) is 2. The molecule has 0 spiro atoms. The molecule has 3 rings (SSSR count). The first-order valence-electron chi connectivity index (χ1n) is 10.8. The van der Waals surface area contributed by atoms with Crippen molar-refractivity contribution in [2.24, 2.45) is 0 Å². The van der Waals surface area contributed by atoms with E-state index in [0.29, 0.717) is 30.5 Å². The number of imide groups is 1. The molecule has 2 atom stereocenters. The predicted octanol–water partition coefficient (Wildman–Crippen LogP) is 1.16. The minimum absolute atomic E-state index is 0.0454. The van der Waals surface area contributed by atoms with Crippen molar-refractivity contribution in [2.75, 3.05) is 40.4 Å². The van der Waals surface area contributed by atoms with Crippen molar-refractivity contribution < 1.29 is 23.9 Å². The standard InChI is InChI=1S/C22H32N4O5/c1-4-25-10-5-6-16(25)14-23-20(27)13-17-21(28)26(22(29)24-17)11-9-15-7-8-18(30-2)19(12-15)31-3/h7-8,12,16-17H,4-6,9-11,13-14H2,1-3H3,(H,23,27)(H,24,29). The van der Waals surface area contributed by atoms with E-state index in [0.717, 1.165) is 31.5 Å². The van der Waals surface area contributed by atoms with Gasteiger partial charge in [-0.1, -0.05) is 13.0 Å². The normalized spacial score (nSPS) is 21.3. The van der Waals surface area contributed by atoms with Crippen LogP contribution in [0, 0.1) is 0 Å². The molecule has 9 nitrogen and oxygen atoms in total. The van der Waals surface area contributed by atoms with Crippen molar-refractivity contribution in [2.45, 2.75) is 44.7 Å². The van der Waals surface area contributed by atoms with E-state index in [1.807, 2.05) is 12.1 Å². The number of carbonyl (C=O) groups excluding carboxylic acids is 3. The zero-order valence-corrected chi connectivity index (χ0v) is 18.5. The molecule has 2 unspecified atom stereocenters. The van der Waals surface area contributed by atoms with Crippen molar-refractivity contribution >= 4 is 17.8 Å². The van der Waals surface area contributed by atoms with Gasteiger partial charge in [0.1, 0.15) is 6.04 Å². The number of carbonyl (C=O) groups is 3. The first-order valence-corrected chi connectivity index (χ1v) is 10.8. The van der Waals surface area contributed by atoms with Crippen LogP contribution in [0.5, 0.6) is 11.5 Å². The molecule has 2 aliphatic rings. The second kappa shape index (κ2) is 10.5. The molecule has 0 bridgehead atoms. The Balaban J connectivity index is 1.49. The van der Waals surface area contributed by atoms with E-state index in [-0.39, 0.29) is 24.8 Å². The first-order chi connectivity index (χ1) is 15.0. The second-order valence-electron chi connectivity index (χ2n) is 7.86. The molecule has 2 heterocycles. The number of amides is 4.